The first-order valence-corrected chi connectivity index (χ1v) is 17.1. The zero-order valence-corrected chi connectivity index (χ0v) is 27.2. The van der Waals surface area contributed by atoms with Crippen molar-refractivity contribution < 1.29 is 0 Å². The lowest BCUT2D eigenvalue weighted by atomic mass is 9.84. The van der Waals surface area contributed by atoms with Crippen LogP contribution in [-0.2, 0) is 0 Å². The predicted molar refractivity (Wildman–Crippen MR) is 211 cm³/mol. The first-order chi connectivity index (χ1) is 24.8. The molecule has 0 saturated carbocycles. The van der Waals surface area contributed by atoms with Crippen LogP contribution in [0.2, 0.25) is 0 Å². The van der Waals surface area contributed by atoms with E-state index in [0.717, 1.165) is 21.9 Å². The SMILES string of the molecule is c1ccc(-c2c3ccccc3c(-c3cccc(-c4c5ccccc5c(-c5cccc6ccccc56)c5ccncc45)c3)c3cnccc23)cc1. The zero-order chi connectivity index (χ0) is 33.0. The van der Waals surface area contributed by atoms with Gasteiger partial charge in [0.05, 0.1) is 0 Å². The summed E-state index contributed by atoms with van der Waals surface area (Å²) in [5.41, 5.74) is 9.65. The monoisotopic (exact) mass is 634 g/mol. The molecule has 0 amide bonds. The molecule has 2 heterocycles. The molecule has 0 aliphatic carbocycles. The van der Waals surface area contributed by atoms with Crippen molar-refractivity contribution in [2.45, 2.75) is 0 Å². The fourth-order valence-corrected chi connectivity index (χ4v) is 8.14. The van der Waals surface area contributed by atoms with Gasteiger partial charge in [0, 0.05) is 35.6 Å². The summed E-state index contributed by atoms with van der Waals surface area (Å²) in [6, 6.07) is 57.0. The van der Waals surface area contributed by atoms with Crippen LogP contribution in [0.4, 0.5) is 0 Å². The molecular weight excluding hydrogens is 605 g/mol. The third-order valence-electron chi connectivity index (χ3n) is 10.2. The molecule has 2 nitrogen and oxygen atoms in total. The topological polar surface area (TPSA) is 25.8 Å². The lowest BCUT2D eigenvalue weighted by Gasteiger charge is -2.20. The Labute approximate surface area is 290 Å². The van der Waals surface area contributed by atoms with E-state index in [4.69, 9.17) is 4.98 Å². The molecule has 0 N–H and O–H groups in total. The van der Waals surface area contributed by atoms with Gasteiger partial charge in [-0.15, -0.1) is 0 Å². The third kappa shape index (κ3) is 4.36. The Bertz CT molecular complexity index is 2810. The lowest BCUT2D eigenvalue weighted by Crippen LogP contribution is -1.93. The van der Waals surface area contributed by atoms with Gasteiger partial charge in [0.25, 0.3) is 0 Å². The quantitative estimate of drug-likeness (QED) is 0.180. The fourth-order valence-electron chi connectivity index (χ4n) is 8.14. The van der Waals surface area contributed by atoms with Gasteiger partial charge in [0.2, 0.25) is 0 Å². The van der Waals surface area contributed by atoms with E-state index >= 15 is 0 Å². The number of hydrogen-bond donors (Lipinski definition) is 0. The number of fused-ring (bicyclic) bond motifs is 5. The van der Waals surface area contributed by atoms with E-state index in [1.54, 1.807) is 0 Å². The van der Waals surface area contributed by atoms with Crippen molar-refractivity contribution >= 4 is 53.9 Å². The van der Waals surface area contributed by atoms with Crippen LogP contribution in [0.25, 0.3) is 98.4 Å². The summed E-state index contributed by atoms with van der Waals surface area (Å²) in [4.78, 5) is 9.35. The summed E-state index contributed by atoms with van der Waals surface area (Å²) in [7, 11) is 0. The number of nitrogens with zero attached hydrogens (tertiary/aromatic N) is 2. The maximum absolute atomic E-state index is 4.70. The van der Waals surface area contributed by atoms with E-state index in [-0.39, 0.29) is 0 Å². The van der Waals surface area contributed by atoms with Crippen LogP contribution in [0.3, 0.4) is 0 Å². The maximum Gasteiger partial charge on any atom is 0.0353 e. The first-order valence-electron chi connectivity index (χ1n) is 17.1. The molecule has 0 aliphatic heterocycles. The average Bonchev–Trinajstić information content (AvgIpc) is 3.19. The number of rotatable bonds is 4. The molecule has 0 radical (unpaired) electrons. The minimum atomic E-state index is 1.14. The lowest BCUT2D eigenvalue weighted by molar-refractivity contribution is 1.36. The summed E-state index contributed by atoms with van der Waals surface area (Å²) in [5.74, 6) is 0. The minimum Gasteiger partial charge on any atom is -0.264 e. The molecule has 10 rings (SSSR count). The second-order valence-electron chi connectivity index (χ2n) is 12.9. The Morgan fingerprint density at radius 2 is 0.700 bits per heavy atom. The smallest absolute Gasteiger partial charge is 0.0353 e. The van der Waals surface area contributed by atoms with Gasteiger partial charge in [-0.3, -0.25) is 9.97 Å². The highest BCUT2D eigenvalue weighted by Gasteiger charge is 2.20. The van der Waals surface area contributed by atoms with E-state index in [1.807, 2.05) is 24.8 Å². The second-order valence-corrected chi connectivity index (χ2v) is 12.9. The minimum absolute atomic E-state index is 1.14. The fraction of sp³-hybridized carbons (Fsp3) is 0. The first kappa shape index (κ1) is 28.4. The van der Waals surface area contributed by atoms with Crippen molar-refractivity contribution in [3.63, 3.8) is 0 Å². The molecule has 2 heteroatoms. The van der Waals surface area contributed by atoms with Gasteiger partial charge in [0.1, 0.15) is 0 Å². The Hall–Kier alpha value is -6.64. The van der Waals surface area contributed by atoms with Crippen LogP contribution in [0.15, 0.2) is 183 Å². The molecule has 0 saturated heterocycles. The highest BCUT2D eigenvalue weighted by atomic mass is 14.6. The summed E-state index contributed by atoms with van der Waals surface area (Å²) >= 11 is 0. The summed E-state index contributed by atoms with van der Waals surface area (Å²) in [6.45, 7) is 0. The third-order valence-corrected chi connectivity index (χ3v) is 10.2. The van der Waals surface area contributed by atoms with Crippen LogP contribution >= 0.6 is 0 Å². The number of benzene rings is 8. The molecule has 0 bridgehead atoms. The maximum atomic E-state index is 4.70. The van der Waals surface area contributed by atoms with Crippen LogP contribution < -0.4 is 0 Å². The van der Waals surface area contributed by atoms with Crippen molar-refractivity contribution in [3.05, 3.63) is 183 Å². The van der Waals surface area contributed by atoms with Crippen LogP contribution in [0, 0.1) is 0 Å². The van der Waals surface area contributed by atoms with E-state index in [0.29, 0.717) is 0 Å². The van der Waals surface area contributed by atoms with Crippen molar-refractivity contribution in [2.75, 3.05) is 0 Å². The van der Waals surface area contributed by atoms with Crippen LogP contribution in [0.1, 0.15) is 0 Å². The highest BCUT2D eigenvalue weighted by Crippen LogP contribution is 2.47. The normalized spacial score (nSPS) is 11.6. The van der Waals surface area contributed by atoms with Crippen molar-refractivity contribution in [1.82, 2.24) is 9.97 Å². The van der Waals surface area contributed by atoms with Gasteiger partial charge < -0.3 is 0 Å². The Morgan fingerprint density at radius 3 is 1.32 bits per heavy atom. The molecule has 8 aromatic carbocycles. The molecule has 232 valence electrons. The molecule has 0 spiro atoms. The number of pyridine rings is 2. The second kappa shape index (κ2) is 11.5. The molecule has 2 aromatic heterocycles. The van der Waals surface area contributed by atoms with Gasteiger partial charge in [-0.25, -0.2) is 0 Å². The summed E-state index contributed by atoms with van der Waals surface area (Å²) < 4.78 is 0. The Morgan fingerprint density at radius 1 is 0.280 bits per heavy atom. The molecule has 0 unspecified atom stereocenters. The number of aromatic nitrogens is 2. The van der Waals surface area contributed by atoms with E-state index in [2.05, 4.69) is 163 Å². The molecule has 10 aromatic rings. The van der Waals surface area contributed by atoms with Crippen molar-refractivity contribution in [2.24, 2.45) is 0 Å². The molecule has 0 fully saturated rings. The molecule has 0 atom stereocenters. The summed E-state index contributed by atoms with van der Waals surface area (Å²) in [6.07, 6.45) is 7.91. The van der Waals surface area contributed by atoms with Gasteiger partial charge in [0.15, 0.2) is 0 Å². The average molecular weight is 635 g/mol. The molecule has 0 aliphatic rings. The van der Waals surface area contributed by atoms with E-state index < -0.39 is 0 Å². The van der Waals surface area contributed by atoms with Crippen LogP contribution in [-0.4, -0.2) is 9.97 Å². The largest absolute Gasteiger partial charge is 0.264 e. The number of hydrogen-bond acceptors (Lipinski definition) is 2. The Kier molecular flexibility index (Phi) is 6.53. The van der Waals surface area contributed by atoms with Crippen molar-refractivity contribution in [3.8, 4) is 44.5 Å². The molecular formula is C48H30N2. The van der Waals surface area contributed by atoms with E-state index in [9.17, 15) is 0 Å². The highest BCUT2D eigenvalue weighted by molar-refractivity contribution is 6.24. The van der Waals surface area contributed by atoms with E-state index in [1.165, 1.54) is 76.5 Å². The molecule has 50 heavy (non-hydrogen) atoms. The summed E-state index contributed by atoms with van der Waals surface area (Å²) in [5, 5.41) is 12.1. The zero-order valence-electron chi connectivity index (χ0n) is 27.2. The Balaban J connectivity index is 1.27. The van der Waals surface area contributed by atoms with Gasteiger partial charge in [-0.05, 0) is 106 Å². The predicted octanol–water partition coefficient (Wildman–Crippen LogP) is 12.9. The van der Waals surface area contributed by atoms with Crippen LogP contribution in [0.5, 0.6) is 0 Å². The van der Waals surface area contributed by atoms with Gasteiger partial charge in [-0.2, -0.15) is 0 Å². The van der Waals surface area contributed by atoms with Crippen molar-refractivity contribution in [1.29, 1.82) is 0 Å². The van der Waals surface area contributed by atoms with Gasteiger partial charge in [-0.1, -0.05) is 140 Å². The standard InChI is InChI=1S/C48H30N2/c1-2-13-32(14-3-1)45-37-19-6-7-20-38(37)46(43-29-49-26-24-41(43)45)33-16-10-17-34(28-33)47-39-21-8-9-22-40(39)48(42-25-27-50-30-44(42)47)36-23-11-15-31-12-4-5-18-35(31)36/h1-30H. The van der Waals surface area contributed by atoms with Gasteiger partial charge >= 0.3 is 0 Å².